The molecule has 1 heterocycles. The van der Waals surface area contributed by atoms with E-state index >= 15 is 0 Å². The Kier molecular flexibility index (Phi) is 3.12. The van der Waals surface area contributed by atoms with Crippen molar-refractivity contribution in [1.29, 1.82) is 0 Å². The van der Waals surface area contributed by atoms with Crippen molar-refractivity contribution in [2.45, 2.75) is 10.1 Å². The minimum atomic E-state index is -0.566. The molecule has 1 aromatic heterocycles. The summed E-state index contributed by atoms with van der Waals surface area (Å²) in [6.45, 7) is 0. The summed E-state index contributed by atoms with van der Waals surface area (Å²) in [6.07, 6.45) is 0. The molecule has 0 aliphatic heterocycles. The van der Waals surface area contributed by atoms with Crippen LogP contribution in [0.1, 0.15) is 0 Å². The van der Waals surface area contributed by atoms with Crippen molar-refractivity contribution in [3.05, 3.63) is 33.5 Å². The van der Waals surface area contributed by atoms with Crippen molar-refractivity contribution < 1.29 is 4.39 Å². The van der Waals surface area contributed by atoms with E-state index in [2.05, 4.69) is 10.2 Å². The summed E-state index contributed by atoms with van der Waals surface area (Å²) in [5, 5.41) is 6.41. The van der Waals surface area contributed by atoms with Gasteiger partial charge in [-0.15, -0.1) is 5.10 Å². The second-order valence-corrected chi connectivity index (χ2v) is 4.69. The monoisotopic (exact) mass is 274 g/mol. The number of aromatic nitrogens is 3. The fraction of sp³-hybridized carbons (Fsp3) is 0.111. The van der Waals surface area contributed by atoms with Gasteiger partial charge in [0.1, 0.15) is 5.82 Å². The SMILES string of the molecule is Cn1c(Sc2cc(F)c(Cl)cc2N)n[nH]c1=O. The minimum Gasteiger partial charge on any atom is -0.398 e. The number of hydrogen-bond acceptors (Lipinski definition) is 4. The third-order valence-electron chi connectivity index (χ3n) is 2.09. The Hall–Kier alpha value is -1.47. The zero-order valence-electron chi connectivity index (χ0n) is 8.70. The number of rotatable bonds is 2. The van der Waals surface area contributed by atoms with E-state index < -0.39 is 5.82 Å². The van der Waals surface area contributed by atoms with Crippen LogP contribution in [0.5, 0.6) is 0 Å². The van der Waals surface area contributed by atoms with Crippen molar-refractivity contribution in [1.82, 2.24) is 14.8 Å². The quantitative estimate of drug-likeness (QED) is 0.816. The first kappa shape index (κ1) is 12.0. The Balaban J connectivity index is 2.40. The Morgan fingerprint density at radius 2 is 2.29 bits per heavy atom. The van der Waals surface area contributed by atoms with Gasteiger partial charge in [-0.1, -0.05) is 11.6 Å². The molecule has 2 aromatic rings. The lowest BCUT2D eigenvalue weighted by atomic mass is 10.3. The van der Waals surface area contributed by atoms with E-state index in [4.69, 9.17) is 17.3 Å². The van der Waals surface area contributed by atoms with Gasteiger partial charge < -0.3 is 5.73 Å². The van der Waals surface area contributed by atoms with Crippen LogP contribution in [0.4, 0.5) is 10.1 Å². The number of nitrogens with zero attached hydrogens (tertiary/aromatic N) is 2. The number of nitrogen functional groups attached to an aromatic ring is 1. The highest BCUT2D eigenvalue weighted by atomic mass is 35.5. The van der Waals surface area contributed by atoms with Crippen LogP contribution in [-0.4, -0.2) is 14.8 Å². The summed E-state index contributed by atoms with van der Waals surface area (Å²) in [4.78, 5) is 11.6. The average Bonchev–Trinajstić information content (AvgIpc) is 2.58. The number of nitrogens with one attached hydrogen (secondary N) is 1. The maximum absolute atomic E-state index is 13.3. The molecule has 1 aromatic carbocycles. The van der Waals surface area contributed by atoms with Crippen molar-refractivity contribution in [3.63, 3.8) is 0 Å². The van der Waals surface area contributed by atoms with E-state index in [1.54, 1.807) is 7.05 Å². The first-order valence-corrected chi connectivity index (χ1v) is 5.72. The molecule has 3 N–H and O–H groups in total. The molecule has 0 unspecified atom stereocenters. The zero-order valence-corrected chi connectivity index (χ0v) is 10.3. The number of benzene rings is 1. The van der Waals surface area contributed by atoms with E-state index in [-0.39, 0.29) is 10.7 Å². The number of anilines is 1. The molecule has 0 fully saturated rings. The highest BCUT2D eigenvalue weighted by Crippen LogP contribution is 2.33. The molecule has 0 amide bonds. The molecule has 17 heavy (non-hydrogen) atoms. The van der Waals surface area contributed by atoms with Crippen LogP contribution in [0.25, 0.3) is 0 Å². The lowest BCUT2D eigenvalue weighted by Gasteiger charge is -2.05. The minimum absolute atomic E-state index is 0.0391. The van der Waals surface area contributed by atoms with Gasteiger partial charge in [-0.3, -0.25) is 4.57 Å². The average molecular weight is 275 g/mol. The molecule has 0 radical (unpaired) electrons. The zero-order chi connectivity index (χ0) is 12.6. The van der Waals surface area contributed by atoms with E-state index in [0.29, 0.717) is 15.7 Å². The van der Waals surface area contributed by atoms with E-state index in [1.165, 1.54) is 16.7 Å². The largest absolute Gasteiger partial charge is 0.398 e. The highest BCUT2D eigenvalue weighted by Gasteiger charge is 2.11. The lowest BCUT2D eigenvalue weighted by molar-refractivity contribution is 0.625. The molecule has 0 spiro atoms. The summed E-state index contributed by atoms with van der Waals surface area (Å²) in [7, 11) is 1.55. The van der Waals surface area contributed by atoms with Crippen molar-refractivity contribution >= 4 is 29.1 Å². The van der Waals surface area contributed by atoms with Crippen LogP contribution in [0.3, 0.4) is 0 Å². The molecular weight excluding hydrogens is 267 g/mol. The Bertz CT molecular complexity index is 624. The highest BCUT2D eigenvalue weighted by molar-refractivity contribution is 7.99. The number of aromatic amines is 1. The number of nitrogens with two attached hydrogens (primary N) is 1. The first-order valence-electron chi connectivity index (χ1n) is 4.53. The predicted molar refractivity (Wildman–Crippen MR) is 63.8 cm³/mol. The van der Waals surface area contributed by atoms with Gasteiger partial charge in [0.25, 0.3) is 0 Å². The van der Waals surface area contributed by atoms with Gasteiger partial charge in [0, 0.05) is 17.6 Å². The molecular formula is C9H8ClFN4OS. The lowest BCUT2D eigenvalue weighted by Crippen LogP contribution is -2.12. The molecule has 0 bridgehead atoms. The predicted octanol–water partition coefficient (Wildman–Crippen LogP) is 1.63. The summed E-state index contributed by atoms with van der Waals surface area (Å²) >= 11 is 6.66. The summed E-state index contributed by atoms with van der Waals surface area (Å²) < 4.78 is 14.6. The van der Waals surface area contributed by atoms with Gasteiger partial charge in [0.15, 0.2) is 5.16 Å². The van der Waals surface area contributed by atoms with Crippen LogP contribution in [-0.2, 0) is 7.05 Å². The molecule has 0 saturated heterocycles. The number of H-pyrrole nitrogens is 1. The Morgan fingerprint density at radius 1 is 1.59 bits per heavy atom. The summed E-state index contributed by atoms with van der Waals surface area (Å²) in [5.41, 5.74) is 5.68. The van der Waals surface area contributed by atoms with Gasteiger partial charge in [0.05, 0.1) is 5.02 Å². The van der Waals surface area contributed by atoms with E-state index in [0.717, 1.165) is 11.8 Å². The summed E-state index contributed by atoms with van der Waals surface area (Å²) in [6, 6.07) is 2.53. The standard InChI is InChI=1S/C9H8ClFN4OS/c1-15-8(16)13-14-9(15)17-7-3-5(11)4(10)2-6(7)12/h2-3H,12H2,1H3,(H,13,16). The third kappa shape index (κ3) is 2.29. The Labute approximate surface area is 105 Å². The van der Waals surface area contributed by atoms with Crippen LogP contribution >= 0.6 is 23.4 Å². The van der Waals surface area contributed by atoms with Crippen molar-refractivity contribution in [2.24, 2.45) is 7.05 Å². The Morgan fingerprint density at radius 3 is 2.88 bits per heavy atom. The maximum Gasteiger partial charge on any atom is 0.343 e. The molecule has 5 nitrogen and oxygen atoms in total. The number of halogens is 2. The van der Waals surface area contributed by atoms with Crippen LogP contribution < -0.4 is 11.4 Å². The maximum atomic E-state index is 13.3. The van der Waals surface area contributed by atoms with Gasteiger partial charge in [-0.25, -0.2) is 14.3 Å². The van der Waals surface area contributed by atoms with Gasteiger partial charge in [0.2, 0.25) is 0 Å². The smallest absolute Gasteiger partial charge is 0.343 e. The number of hydrogen-bond donors (Lipinski definition) is 2. The molecule has 0 saturated carbocycles. The fourth-order valence-corrected chi connectivity index (χ4v) is 2.17. The molecule has 90 valence electrons. The van der Waals surface area contributed by atoms with Crippen molar-refractivity contribution in [2.75, 3.05) is 5.73 Å². The second-order valence-electron chi connectivity index (χ2n) is 3.28. The van der Waals surface area contributed by atoms with Crippen LogP contribution in [0.15, 0.2) is 27.0 Å². The molecule has 0 atom stereocenters. The van der Waals surface area contributed by atoms with E-state index in [9.17, 15) is 9.18 Å². The van der Waals surface area contributed by atoms with Crippen LogP contribution in [0.2, 0.25) is 5.02 Å². The van der Waals surface area contributed by atoms with Crippen molar-refractivity contribution in [3.8, 4) is 0 Å². The molecule has 0 aliphatic carbocycles. The summed E-state index contributed by atoms with van der Waals surface area (Å²) in [5.74, 6) is -0.566. The fourth-order valence-electron chi connectivity index (χ4n) is 1.15. The molecule has 0 aliphatic rings. The van der Waals surface area contributed by atoms with Gasteiger partial charge in [-0.05, 0) is 23.9 Å². The third-order valence-corrected chi connectivity index (χ3v) is 3.50. The van der Waals surface area contributed by atoms with Crippen LogP contribution in [0, 0.1) is 5.82 Å². The second kappa shape index (κ2) is 4.42. The van der Waals surface area contributed by atoms with E-state index in [1.807, 2.05) is 0 Å². The first-order chi connectivity index (χ1) is 7.99. The molecule has 8 heteroatoms. The normalized spacial score (nSPS) is 10.8. The molecule has 2 rings (SSSR count). The van der Waals surface area contributed by atoms with Gasteiger partial charge >= 0.3 is 5.69 Å². The van der Waals surface area contributed by atoms with Gasteiger partial charge in [-0.2, -0.15) is 0 Å². The topological polar surface area (TPSA) is 76.7 Å².